The molecule has 2 rings (SSSR count). The van der Waals surface area contributed by atoms with Crippen LogP contribution in [0.5, 0.6) is 0 Å². The van der Waals surface area contributed by atoms with Crippen molar-refractivity contribution in [2.24, 2.45) is 0 Å². The van der Waals surface area contributed by atoms with Gasteiger partial charge in [0, 0.05) is 12.2 Å². The van der Waals surface area contributed by atoms with E-state index < -0.39 is 0 Å². The van der Waals surface area contributed by atoms with Crippen molar-refractivity contribution >= 4 is 35.3 Å². The number of anilines is 3. The van der Waals surface area contributed by atoms with E-state index in [1.807, 2.05) is 25.1 Å². The third-order valence-electron chi connectivity index (χ3n) is 3.38. The Morgan fingerprint density at radius 3 is 2.76 bits per heavy atom. The number of nitrogens with zero attached hydrogens (tertiary/aromatic N) is 3. The molecular weight excluding hydrogens is 336 g/mol. The van der Waals surface area contributed by atoms with Gasteiger partial charge in [0.25, 0.3) is 0 Å². The Kier molecular flexibility index (Phi) is 7.46. The van der Waals surface area contributed by atoms with Crippen LogP contribution in [-0.4, -0.2) is 33.2 Å². The minimum atomic E-state index is 0.0177. The quantitative estimate of drug-likeness (QED) is 0.631. The Balaban J connectivity index is 1.99. The number of hydrogen-bond acceptors (Lipinski definition) is 7. The van der Waals surface area contributed by atoms with Crippen molar-refractivity contribution in [3.8, 4) is 0 Å². The maximum Gasteiger partial charge on any atom is 0.232 e. The first-order chi connectivity index (χ1) is 12.1. The molecule has 25 heavy (non-hydrogen) atoms. The molecule has 0 aliphatic rings. The zero-order chi connectivity index (χ0) is 18.1. The Labute approximate surface area is 152 Å². The maximum absolute atomic E-state index is 11.6. The molecule has 0 fully saturated rings. The SMILES string of the molecule is CCCNC(=O)CSCc1nc(N)nc(Nc2ccccc2CC)n1. The molecule has 2 aromatic rings. The fourth-order valence-corrected chi connectivity index (χ4v) is 2.88. The summed E-state index contributed by atoms with van der Waals surface area (Å²) in [5, 5.41) is 6.04. The van der Waals surface area contributed by atoms with E-state index in [9.17, 15) is 4.79 Å². The molecule has 1 amide bonds. The fraction of sp³-hybridized carbons (Fsp3) is 0.412. The van der Waals surface area contributed by atoms with E-state index in [2.05, 4.69) is 38.6 Å². The van der Waals surface area contributed by atoms with Gasteiger partial charge in [-0.15, -0.1) is 11.8 Å². The lowest BCUT2D eigenvalue weighted by molar-refractivity contribution is -0.118. The number of nitrogens with one attached hydrogen (secondary N) is 2. The molecule has 4 N–H and O–H groups in total. The van der Waals surface area contributed by atoms with Crippen LogP contribution in [0, 0.1) is 0 Å². The minimum absolute atomic E-state index is 0.0177. The van der Waals surface area contributed by atoms with Gasteiger partial charge in [-0.25, -0.2) is 0 Å². The van der Waals surface area contributed by atoms with Crippen molar-refractivity contribution in [3.05, 3.63) is 35.7 Å². The molecule has 1 aromatic heterocycles. The number of aryl methyl sites for hydroxylation is 1. The summed E-state index contributed by atoms with van der Waals surface area (Å²) < 4.78 is 0. The number of benzene rings is 1. The summed E-state index contributed by atoms with van der Waals surface area (Å²) in [7, 11) is 0. The summed E-state index contributed by atoms with van der Waals surface area (Å²) in [5.41, 5.74) is 7.91. The molecule has 1 heterocycles. The van der Waals surface area contributed by atoms with Gasteiger partial charge in [-0.2, -0.15) is 15.0 Å². The van der Waals surface area contributed by atoms with E-state index in [1.54, 1.807) is 0 Å². The Morgan fingerprint density at radius 2 is 2.00 bits per heavy atom. The molecule has 0 aliphatic heterocycles. The van der Waals surface area contributed by atoms with E-state index >= 15 is 0 Å². The molecule has 0 atom stereocenters. The number of rotatable bonds is 9. The molecule has 1 aromatic carbocycles. The zero-order valence-electron chi connectivity index (χ0n) is 14.6. The van der Waals surface area contributed by atoms with E-state index in [4.69, 9.17) is 5.73 Å². The van der Waals surface area contributed by atoms with E-state index in [0.29, 0.717) is 29.8 Å². The first-order valence-corrected chi connectivity index (χ1v) is 9.47. The number of amides is 1. The monoisotopic (exact) mass is 360 g/mol. The first-order valence-electron chi connectivity index (χ1n) is 8.32. The molecule has 0 unspecified atom stereocenters. The Hall–Kier alpha value is -2.35. The molecule has 0 saturated carbocycles. The van der Waals surface area contributed by atoms with Crippen LogP contribution in [0.2, 0.25) is 0 Å². The predicted molar refractivity (Wildman–Crippen MR) is 103 cm³/mol. The first kappa shape index (κ1) is 19.0. The van der Waals surface area contributed by atoms with Gasteiger partial charge in [-0.05, 0) is 24.5 Å². The van der Waals surface area contributed by atoms with Crippen LogP contribution in [0.3, 0.4) is 0 Å². The standard InChI is InChI=1S/C17H24N6OS/c1-3-9-19-15(24)11-25-10-14-21-16(18)23-17(22-14)20-13-8-6-5-7-12(13)4-2/h5-8H,3-4,9-11H2,1-2H3,(H,19,24)(H3,18,20,21,22,23). The van der Waals surface area contributed by atoms with Crippen LogP contribution in [0.25, 0.3) is 0 Å². The third-order valence-corrected chi connectivity index (χ3v) is 4.31. The number of nitrogen functional groups attached to an aromatic ring is 1. The predicted octanol–water partition coefficient (Wildman–Crippen LogP) is 2.52. The van der Waals surface area contributed by atoms with E-state index in [-0.39, 0.29) is 11.9 Å². The van der Waals surface area contributed by atoms with Crippen molar-refractivity contribution in [1.82, 2.24) is 20.3 Å². The Morgan fingerprint density at radius 1 is 1.20 bits per heavy atom. The third kappa shape index (κ3) is 6.22. The van der Waals surface area contributed by atoms with Gasteiger partial charge in [0.15, 0.2) is 0 Å². The molecule has 7 nitrogen and oxygen atoms in total. The van der Waals surface area contributed by atoms with Crippen LogP contribution in [0.15, 0.2) is 24.3 Å². The number of thioether (sulfide) groups is 1. The van der Waals surface area contributed by atoms with Crippen LogP contribution in [0.1, 0.15) is 31.7 Å². The van der Waals surface area contributed by atoms with E-state index in [1.165, 1.54) is 17.3 Å². The van der Waals surface area contributed by atoms with Crippen molar-refractivity contribution in [3.63, 3.8) is 0 Å². The lowest BCUT2D eigenvalue weighted by atomic mass is 10.1. The Bertz CT molecular complexity index is 709. The van der Waals surface area contributed by atoms with Gasteiger partial charge in [0.2, 0.25) is 17.8 Å². The normalized spacial score (nSPS) is 10.5. The van der Waals surface area contributed by atoms with Gasteiger partial charge in [-0.1, -0.05) is 32.0 Å². The number of para-hydroxylation sites is 1. The molecule has 134 valence electrons. The number of nitrogens with two attached hydrogens (primary N) is 1. The highest BCUT2D eigenvalue weighted by atomic mass is 32.2. The molecule has 0 saturated heterocycles. The minimum Gasteiger partial charge on any atom is -0.368 e. The lowest BCUT2D eigenvalue weighted by Crippen LogP contribution is -2.25. The number of carbonyl (C=O) groups excluding carboxylic acids is 1. The van der Waals surface area contributed by atoms with Crippen LogP contribution >= 0.6 is 11.8 Å². The second kappa shape index (κ2) is 9.83. The summed E-state index contributed by atoms with van der Waals surface area (Å²) in [5.74, 6) is 2.02. The highest BCUT2D eigenvalue weighted by Crippen LogP contribution is 2.20. The second-order valence-electron chi connectivity index (χ2n) is 5.41. The van der Waals surface area contributed by atoms with Gasteiger partial charge in [-0.3, -0.25) is 4.79 Å². The maximum atomic E-state index is 11.6. The van der Waals surface area contributed by atoms with Crippen molar-refractivity contribution in [2.75, 3.05) is 23.3 Å². The summed E-state index contributed by atoms with van der Waals surface area (Å²) in [6, 6.07) is 7.99. The second-order valence-corrected chi connectivity index (χ2v) is 6.40. The summed E-state index contributed by atoms with van der Waals surface area (Å²) >= 11 is 1.45. The topological polar surface area (TPSA) is 106 Å². The number of hydrogen-bond donors (Lipinski definition) is 3. The number of aromatic nitrogens is 3. The van der Waals surface area contributed by atoms with Gasteiger partial charge >= 0.3 is 0 Å². The highest BCUT2D eigenvalue weighted by Gasteiger charge is 2.08. The van der Waals surface area contributed by atoms with Gasteiger partial charge in [0.1, 0.15) is 5.82 Å². The smallest absolute Gasteiger partial charge is 0.232 e. The molecule has 0 bridgehead atoms. The average Bonchev–Trinajstić information content (AvgIpc) is 2.60. The zero-order valence-corrected chi connectivity index (χ0v) is 15.4. The van der Waals surface area contributed by atoms with Crippen molar-refractivity contribution < 1.29 is 4.79 Å². The van der Waals surface area contributed by atoms with Crippen LogP contribution < -0.4 is 16.4 Å². The highest BCUT2D eigenvalue weighted by molar-refractivity contribution is 7.99. The molecule has 0 spiro atoms. The molecule has 8 heteroatoms. The van der Waals surface area contributed by atoms with Gasteiger partial charge in [0.05, 0.1) is 11.5 Å². The molecular formula is C17H24N6OS. The molecule has 0 aliphatic carbocycles. The van der Waals surface area contributed by atoms with Crippen LogP contribution in [0.4, 0.5) is 17.6 Å². The van der Waals surface area contributed by atoms with Crippen molar-refractivity contribution in [2.45, 2.75) is 32.4 Å². The summed E-state index contributed by atoms with van der Waals surface area (Å²) in [4.78, 5) is 24.3. The molecule has 0 radical (unpaired) electrons. The summed E-state index contributed by atoms with van der Waals surface area (Å²) in [6.45, 7) is 4.81. The van der Waals surface area contributed by atoms with Crippen molar-refractivity contribution in [1.29, 1.82) is 0 Å². The van der Waals surface area contributed by atoms with Gasteiger partial charge < -0.3 is 16.4 Å². The number of carbonyl (C=O) groups is 1. The average molecular weight is 360 g/mol. The largest absolute Gasteiger partial charge is 0.368 e. The van der Waals surface area contributed by atoms with E-state index in [0.717, 1.165) is 18.5 Å². The lowest BCUT2D eigenvalue weighted by Gasteiger charge is -2.10. The summed E-state index contributed by atoms with van der Waals surface area (Å²) in [6.07, 6.45) is 1.83. The fourth-order valence-electron chi connectivity index (χ4n) is 2.18. The van der Waals surface area contributed by atoms with Crippen LogP contribution in [-0.2, 0) is 17.0 Å².